The van der Waals surface area contributed by atoms with Crippen molar-refractivity contribution in [1.29, 1.82) is 0 Å². The fourth-order valence-electron chi connectivity index (χ4n) is 3.51. The second-order valence-electron chi connectivity index (χ2n) is 7.24. The largest absolute Gasteiger partial charge is 0.497 e. The van der Waals surface area contributed by atoms with Gasteiger partial charge in [0.2, 0.25) is 0 Å². The van der Waals surface area contributed by atoms with Gasteiger partial charge in [-0.05, 0) is 62.3 Å². The molecule has 1 aliphatic heterocycles. The molecule has 6 heteroatoms. The minimum absolute atomic E-state index is 0.176. The SMILES string of the molecule is COc1ccc(C(=O)Nc2ccccc2C(=O)NCCN2CCCCCC2)cc1. The van der Waals surface area contributed by atoms with Crippen LogP contribution in [-0.4, -0.2) is 50.0 Å². The Morgan fingerprint density at radius 2 is 1.62 bits per heavy atom. The molecule has 29 heavy (non-hydrogen) atoms. The summed E-state index contributed by atoms with van der Waals surface area (Å²) in [6.07, 6.45) is 5.05. The number of carbonyl (C=O) groups excluding carboxylic acids is 2. The quantitative estimate of drug-likeness (QED) is 0.752. The standard InChI is InChI=1S/C23H29N3O3/c1-29-19-12-10-18(11-13-19)22(27)25-21-9-5-4-8-20(21)23(28)24-14-17-26-15-6-2-3-7-16-26/h4-5,8-13H,2-3,6-7,14-17H2,1H3,(H,24,28)(H,25,27). The van der Waals surface area contributed by atoms with Gasteiger partial charge in [-0.3, -0.25) is 9.59 Å². The predicted octanol–water partition coefficient (Wildman–Crippen LogP) is 3.55. The van der Waals surface area contributed by atoms with Gasteiger partial charge in [-0.2, -0.15) is 0 Å². The van der Waals surface area contributed by atoms with Crippen molar-refractivity contribution in [3.8, 4) is 5.75 Å². The smallest absolute Gasteiger partial charge is 0.255 e. The van der Waals surface area contributed by atoms with E-state index in [9.17, 15) is 9.59 Å². The molecule has 0 saturated carbocycles. The molecule has 0 unspecified atom stereocenters. The Morgan fingerprint density at radius 3 is 2.31 bits per heavy atom. The highest BCUT2D eigenvalue weighted by Gasteiger charge is 2.15. The van der Waals surface area contributed by atoms with Crippen LogP contribution < -0.4 is 15.4 Å². The van der Waals surface area contributed by atoms with E-state index in [4.69, 9.17) is 4.74 Å². The summed E-state index contributed by atoms with van der Waals surface area (Å²) in [6, 6.07) is 13.9. The Kier molecular flexibility index (Phi) is 7.64. The van der Waals surface area contributed by atoms with Gasteiger partial charge in [0.05, 0.1) is 18.4 Å². The summed E-state index contributed by atoms with van der Waals surface area (Å²) in [7, 11) is 1.58. The number of likely N-dealkylation sites (tertiary alicyclic amines) is 1. The van der Waals surface area contributed by atoms with E-state index < -0.39 is 0 Å². The summed E-state index contributed by atoms with van der Waals surface area (Å²) in [5.74, 6) is 0.244. The summed E-state index contributed by atoms with van der Waals surface area (Å²) in [5, 5.41) is 5.83. The van der Waals surface area contributed by atoms with Crippen molar-refractivity contribution in [3.63, 3.8) is 0 Å². The second kappa shape index (κ2) is 10.6. The van der Waals surface area contributed by atoms with Crippen molar-refractivity contribution in [3.05, 3.63) is 59.7 Å². The maximum absolute atomic E-state index is 12.7. The first kappa shape index (κ1) is 20.9. The molecule has 3 rings (SSSR count). The number of benzene rings is 2. The molecule has 1 heterocycles. The molecule has 0 spiro atoms. The summed E-state index contributed by atoms with van der Waals surface area (Å²) in [4.78, 5) is 27.6. The van der Waals surface area contributed by atoms with Gasteiger partial charge < -0.3 is 20.3 Å². The molecule has 2 aromatic rings. The summed E-state index contributed by atoms with van der Waals surface area (Å²) >= 11 is 0. The Bertz CT molecular complexity index is 812. The number of nitrogens with zero attached hydrogens (tertiary/aromatic N) is 1. The van der Waals surface area contributed by atoms with Crippen LogP contribution in [0.4, 0.5) is 5.69 Å². The zero-order valence-electron chi connectivity index (χ0n) is 16.9. The molecule has 0 radical (unpaired) electrons. The van der Waals surface area contributed by atoms with Crippen molar-refractivity contribution in [2.75, 3.05) is 38.6 Å². The van der Waals surface area contributed by atoms with E-state index in [0.717, 1.165) is 19.6 Å². The van der Waals surface area contributed by atoms with E-state index in [1.807, 2.05) is 0 Å². The topological polar surface area (TPSA) is 70.7 Å². The van der Waals surface area contributed by atoms with Crippen LogP contribution in [0.1, 0.15) is 46.4 Å². The molecule has 0 atom stereocenters. The van der Waals surface area contributed by atoms with E-state index >= 15 is 0 Å². The second-order valence-corrected chi connectivity index (χ2v) is 7.24. The molecule has 154 valence electrons. The average Bonchev–Trinajstić information content (AvgIpc) is 3.03. The molecule has 0 aliphatic carbocycles. The van der Waals surface area contributed by atoms with E-state index in [1.165, 1.54) is 25.7 Å². The van der Waals surface area contributed by atoms with Gasteiger partial charge in [-0.1, -0.05) is 25.0 Å². The lowest BCUT2D eigenvalue weighted by Gasteiger charge is -2.20. The number of carbonyl (C=O) groups is 2. The first-order valence-electron chi connectivity index (χ1n) is 10.2. The maximum Gasteiger partial charge on any atom is 0.255 e. The minimum atomic E-state index is -0.266. The van der Waals surface area contributed by atoms with Crippen LogP contribution in [0.25, 0.3) is 0 Å². The summed E-state index contributed by atoms with van der Waals surface area (Å²) in [5.41, 5.74) is 1.47. The molecule has 2 N–H and O–H groups in total. The highest BCUT2D eigenvalue weighted by Crippen LogP contribution is 2.18. The number of para-hydroxylation sites is 1. The number of rotatable bonds is 7. The van der Waals surface area contributed by atoms with Crippen molar-refractivity contribution < 1.29 is 14.3 Å². The van der Waals surface area contributed by atoms with E-state index in [1.54, 1.807) is 55.6 Å². The van der Waals surface area contributed by atoms with Gasteiger partial charge in [-0.15, -0.1) is 0 Å². The Hall–Kier alpha value is -2.86. The third kappa shape index (κ3) is 6.06. The summed E-state index contributed by atoms with van der Waals surface area (Å²) < 4.78 is 5.12. The molecular formula is C23H29N3O3. The Balaban J connectivity index is 1.58. The fraction of sp³-hybridized carbons (Fsp3) is 0.391. The van der Waals surface area contributed by atoms with Crippen LogP contribution >= 0.6 is 0 Å². The van der Waals surface area contributed by atoms with E-state index in [-0.39, 0.29) is 11.8 Å². The lowest BCUT2D eigenvalue weighted by molar-refractivity contribution is 0.0949. The number of amides is 2. The van der Waals surface area contributed by atoms with Gasteiger partial charge in [0.25, 0.3) is 11.8 Å². The van der Waals surface area contributed by atoms with Crippen molar-refractivity contribution in [1.82, 2.24) is 10.2 Å². The van der Waals surface area contributed by atoms with Gasteiger partial charge in [0.1, 0.15) is 5.75 Å². The number of hydrogen-bond donors (Lipinski definition) is 2. The number of ether oxygens (including phenoxy) is 1. The average molecular weight is 396 g/mol. The van der Waals surface area contributed by atoms with Crippen LogP contribution in [-0.2, 0) is 0 Å². The molecule has 0 aromatic heterocycles. The zero-order valence-corrected chi connectivity index (χ0v) is 16.9. The van der Waals surface area contributed by atoms with Crippen LogP contribution in [0.5, 0.6) is 5.75 Å². The van der Waals surface area contributed by atoms with Gasteiger partial charge >= 0.3 is 0 Å². The van der Waals surface area contributed by atoms with E-state index in [0.29, 0.717) is 29.1 Å². The fourth-order valence-corrected chi connectivity index (χ4v) is 3.51. The molecular weight excluding hydrogens is 366 g/mol. The first-order chi connectivity index (χ1) is 14.2. The molecule has 2 amide bonds. The monoisotopic (exact) mass is 395 g/mol. The number of nitrogens with one attached hydrogen (secondary N) is 2. The van der Waals surface area contributed by atoms with Crippen molar-refractivity contribution >= 4 is 17.5 Å². The zero-order chi connectivity index (χ0) is 20.5. The molecule has 1 saturated heterocycles. The third-order valence-electron chi connectivity index (χ3n) is 5.18. The number of methoxy groups -OCH3 is 1. The normalized spacial score (nSPS) is 14.7. The van der Waals surface area contributed by atoms with Gasteiger partial charge in [0.15, 0.2) is 0 Å². The number of anilines is 1. The molecule has 2 aromatic carbocycles. The number of hydrogen-bond acceptors (Lipinski definition) is 4. The maximum atomic E-state index is 12.7. The Morgan fingerprint density at radius 1 is 0.931 bits per heavy atom. The highest BCUT2D eigenvalue weighted by atomic mass is 16.5. The minimum Gasteiger partial charge on any atom is -0.497 e. The molecule has 1 fully saturated rings. The lowest BCUT2D eigenvalue weighted by atomic mass is 10.1. The van der Waals surface area contributed by atoms with Gasteiger partial charge in [0, 0.05) is 18.7 Å². The van der Waals surface area contributed by atoms with Crippen LogP contribution in [0.3, 0.4) is 0 Å². The molecule has 6 nitrogen and oxygen atoms in total. The molecule has 1 aliphatic rings. The lowest BCUT2D eigenvalue weighted by Crippen LogP contribution is -2.35. The van der Waals surface area contributed by atoms with Crippen molar-refractivity contribution in [2.24, 2.45) is 0 Å². The van der Waals surface area contributed by atoms with Gasteiger partial charge in [-0.25, -0.2) is 0 Å². The summed E-state index contributed by atoms with van der Waals surface area (Å²) in [6.45, 7) is 3.65. The van der Waals surface area contributed by atoms with Crippen LogP contribution in [0, 0.1) is 0 Å². The first-order valence-corrected chi connectivity index (χ1v) is 10.2. The van der Waals surface area contributed by atoms with Crippen LogP contribution in [0.15, 0.2) is 48.5 Å². The Labute approximate surface area is 172 Å². The van der Waals surface area contributed by atoms with Crippen molar-refractivity contribution in [2.45, 2.75) is 25.7 Å². The predicted molar refractivity (Wildman–Crippen MR) is 115 cm³/mol. The van der Waals surface area contributed by atoms with Crippen LogP contribution in [0.2, 0.25) is 0 Å². The highest BCUT2D eigenvalue weighted by molar-refractivity contribution is 6.09. The molecule has 0 bridgehead atoms. The van der Waals surface area contributed by atoms with E-state index in [2.05, 4.69) is 15.5 Å². The third-order valence-corrected chi connectivity index (χ3v) is 5.18.